The van der Waals surface area contributed by atoms with Crippen molar-refractivity contribution >= 4 is 5.78 Å². The van der Waals surface area contributed by atoms with E-state index in [1.54, 1.807) is 0 Å². The van der Waals surface area contributed by atoms with Crippen LogP contribution in [0.2, 0.25) is 0 Å². The lowest BCUT2D eigenvalue weighted by atomic mass is 9.98. The van der Waals surface area contributed by atoms with E-state index in [0.29, 0.717) is 23.5 Å². The molecule has 0 N–H and O–H groups in total. The molecule has 100 valence electrons. The second kappa shape index (κ2) is 4.36. The third-order valence-electron chi connectivity index (χ3n) is 5.15. The van der Waals surface area contributed by atoms with Crippen molar-refractivity contribution in [1.29, 1.82) is 0 Å². The van der Waals surface area contributed by atoms with Crippen LogP contribution in [0.25, 0.3) is 0 Å². The first-order valence-corrected chi connectivity index (χ1v) is 7.64. The smallest absolute Gasteiger partial charge is 0.166 e. The zero-order valence-corrected chi connectivity index (χ0v) is 11.2. The Hall–Kier alpha value is -1.31. The number of ether oxygens (including phenoxy) is 1. The molecule has 4 rings (SSSR count). The van der Waals surface area contributed by atoms with Crippen LogP contribution >= 0.6 is 0 Å². The van der Waals surface area contributed by atoms with Gasteiger partial charge in [0.2, 0.25) is 0 Å². The van der Waals surface area contributed by atoms with Crippen LogP contribution in [0.15, 0.2) is 18.2 Å². The van der Waals surface area contributed by atoms with Crippen molar-refractivity contribution < 1.29 is 9.53 Å². The Labute approximate surface area is 114 Å². The van der Waals surface area contributed by atoms with Crippen molar-refractivity contribution in [2.24, 2.45) is 17.8 Å². The van der Waals surface area contributed by atoms with E-state index in [4.69, 9.17) is 4.74 Å². The molecule has 0 saturated heterocycles. The second-order valence-corrected chi connectivity index (χ2v) is 6.28. The van der Waals surface area contributed by atoms with Crippen LogP contribution in [0.3, 0.4) is 0 Å². The molecular formula is C17H20O2. The molecule has 0 spiro atoms. The van der Waals surface area contributed by atoms with Crippen molar-refractivity contribution in [1.82, 2.24) is 0 Å². The molecule has 1 heterocycles. The Balaban J connectivity index is 1.57. The van der Waals surface area contributed by atoms with Gasteiger partial charge in [0, 0.05) is 11.5 Å². The molecule has 2 fully saturated rings. The van der Waals surface area contributed by atoms with E-state index in [1.165, 1.54) is 31.2 Å². The van der Waals surface area contributed by atoms with Crippen molar-refractivity contribution in [2.45, 2.75) is 38.5 Å². The Kier molecular flexibility index (Phi) is 2.64. The quantitative estimate of drug-likeness (QED) is 0.755. The molecule has 0 amide bonds. The van der Waals surface area contributed by atoms with Gasteiger partial charge in [-0.05, 0) is 61.3 Å². The minimum atomic E-state index is 0.338. The maximum absolute atomic E-state index is 12.6. The molecule has 1 aromatic rings. The topological polar surface area (TPSA) is 26.3 Å². The van der Waals surface area contributed by atoms with E-state index < -0.39 is 0 Å². The molecule has 1 aliphatic heterocycles. The van der Waals surface area contributed by atoms with Crippen molar-refractivity contribution in [3.8, 4) is 5.75 Å². The fourth-order valence-corrected chi connectivity index (χ4v) is 4.09. The number of benzene rings is 1. The van der Waals surface area contributed by atoms with Crippen LogP contribution in [-0.4, -0.2) is 12.4 Å². The van der Waals surface area contributed by atoms with Gasteiger partial charge in [-0.1, -0.05) is 12.8 Å². The standard InChI is InChI=1S/C17H20O2/c18-17(16-13-5-1-2-6-14(13)16)12-7-8-15-11(10-12)4-3-9-19-15/h7-8,10,13-14,16H,1-6,9H2. The fourth-order valence-electron chi connectivity index (χ4n) is 4.09. The first-order valence-electron chi connectivity index (χ1n) is 7.64. The predicted molar refractivity (Wildman–Crippen MR) is 73.5 cm³/mol. The molecule has 2 saturated carbocycles. The van der Waals surface area contributed by atoms with Gasteiger partial charge in [-0.25, -0.2) is 0 Å². The number of hydrogen-bond donors (Lipinski definition) is 0. The predicted octanol–water partition coefficient (Wildman–Crippen LogP) is 3.63. The maximum Gasteiger partial charge on any atom is 0.166 e. The molecule has 1 aromatic carbocycles. The number of aryl methyl sites for hydroxylation is 1. The highest BCUT2D eigenvalue weighted by Gasteiger charge is 2.54. The molecule has 0 aromatic heterocycles. The average Bonchev–Trinajstić information content (AvgIpc) is 3.20. The monoisotopic (exact) mass is 256 g/mol. The first-order chi connectivity index (χ1) is 9.34. The van der Waals surface area contributed by atoms with E-state index in [9.17, 15) is 4.79 Å². The Morgan fingerprint density at radius 1 is 1.11 bits per heavy atom. The summed E-state index contributed by atoms with van der Waals surface area (Å²) in [6.07, 6.45) is 7.31. The van der Waals surface area contributed by atoms with Crippen LogP contribution < -0.4 is 4.74 Å². The van der Waals surface area contributed by atoms with Gasteiger partial charge in [0.05, 0.1) is 6.61 Å². The molecule has 2 aliphatic carbocycles. The van der Waals surface area contributed by atoms with Crippen LogP contribution in [-0.2, 0) is 6.42 Å². The second-order valence-electron chi connectivity index (χ2n) is 6.28. The van der Waals surface area contributed by atoms with E-state index in [-0.39, 0.29) is 0 Å². The number of carbonyl (C=O) groups is 1. The summed E-state index contributed by atoms with van der Waals surface area (Å²) >= 11 is 0. The van der Waals surface area contributed by atoms with E-state index >= 15 is 0 Å². The number of carbonyl (C=O) groups excluding carboxylic acids is 1. The molecular weight excluding hydrogens is 236 g/mol. The number of ketones is 1. The summed E-state index contributed by atoms with van der Waals surface area (Å²) in [5.41, 5.74) is 2.14. The minimum absolute atomic E-state index is 0.338. The van der Waals surface area contributed by atoms with Gasteiger partial charge in [0.15, 0.2) is 5.78 Å². The highest BCUT2D eigenvalue weighted by Crippen LogP contribution is 2.56. The Morgan fingerprint density at radius 3 is 2.68 bits per heavy atom. The highest BCUT2D eigenvalue weighted by atomic mass is 16.5. The lowest BCUT2D eigenvalue weighted by Crippen LogP contribution is -2.11. The summed E-state index contributed by atoms with van der Waals surface area (Å²) in [7, 11) is 0. The van der Waals surface area contributed by atoms with Crippen LogP contribution in [0.1, 0.15) is 48.0 Å². The first kappa shape index (κ1) is 11.5. The van der Waals surface area contributed by atoms with Gasteiger partial charge >= 0.3 is 0 Å². The zero-order valence-electron chi connectivity index (χ0n) is 11.2. The number of hydrogen-bond acceptors (Lipinski definition) is 2. The Morgan fingerprint density at radius 2 is 1.89 bits per heavy atom. The fraction of sp³-hybridized carbons (Fsp3) is 0.588. The molecule has 2 unspecified atom stereocenters. The maximum atomic E-state index is 12.6. The van der Waals surface area contributed by atoms with Gasteiger partial charge < -0.3 is 4.74 Å². The number of Topliss-reactive ketones (excluding diaryl/α,β-unsaturated/α-hetero) is 1. The van der Waals surface area contributed by atoms with E-state index in [2.05, 4.69) is 6.07 Å². The van der Waals surface area contributed by atoms with E-state index in [0.717, 1.165) is 30.8 Å². The van der Waals surface area contributed by atoms with Gasteiger partial charge in [-0.3, -0.25) is 4.79 Å². The largest absolute Gasteiger partial charge is 0.493 e. The summed E-state index contributed by atoms with van der Waals surface area (Å²) in [5.74, 6) is 3.12. The van der Waals surface area contributed by atoms with Crippen LogP contribution in [0.4, 0.5) is 0 Å². The summed E-state index contributed by atoms with van der Waals surface area (Å²) in [5, 5.41) is 0. The normalized spacial score (nSPS) is 31.9. The van der Waals surface area contributed by atoms with E-state index in [1.807, 2.05) is 12.1 Å². The van der Waals surface area contributed by atoms with Gasteiger partial charge in [0.1, 0.15) is 5.75 Å². The molecule has 19 heavy (non-hydrogen) atoms. The summed E-state index contributed by atoms with van der Waals surface area (Å²) in [6, 6.07) is 6.05. The zero-order chi connectivity index (χ0) is 12.8. The van der Waals surface area contributed by atoms with Crippen LogP contribution in [0, 0.1) is 17.8 Å². The van der Waals surface area contributed by atoms with Crippen LogP contribution in [0.5, 0.6) is 5.75 Å². The van der Waals surface area contributed by atoms with Gasteiger partial charge in [0.25, 0.3) is 0 Å². The summed E-state index contributed by atoms with van der Waals surface area (Å²) in [4.78, 5) is 12.6. The molecule has 2 atom stereocenters. The van der Waals surface area contributed by atoms with Crippen molar-refractivity contribution in [2.75, 3.05) is 6.61 Å². The molecule has 0 radical (unpaired) electrons. The minimum Gasteiger partial charge on any atom is -0.493 e. The highest BCUT2D eigenvalue weighted by molar-refractivity contribution is 6.00. The Bertz CT molecular complexity index is 508. The lowest BCUT2D eigenvalue weighted by molar-refractivity contribution is 0.0956. The SMILES string of the molecule is O=C(c1ccc2c(c1)CCCO2)C1C2CCCCC21. The number of rotatable bonds is 2. The summed E-state index contributed by atoms with van der Waals surface area (Å²) in [6.45, 7) is 0.813. The third-order valence-corrected chi connectivity index (χ3v) is 5.15. The lowest BCUT2D eigenvalue weighted by Gasteiger charge is -2.17. The van der Waals surface area contributed by atoms with Crippen molar-refractivity contribution in [3.05, 3.63) is 29.3 Å². The third kappa shape index (κ3) is 1.89. The molecule has 0 bridgehead atoms. The van der Waals surface area contributed by atoms with Gasteiger partial charge in [-0.15, -0.1) is 0 Å². The molecule has 3 aliphatic rings. The average molecular weight is 256 g/mol. The molecule has 2 heteroatoms. The van der Waals surface area contributed by atoms with Gasteiger partial charge in [-0.2, -0.15) is 0 Å². The number of fused-ring (bicyclic) bond motifs is 2. The van der Waals surface area contributed by atoms with Crippen molar-refractivity contribution in [3.63, 3.8) is 0 Å². The summed E-state index contributed by atoms with van der Waals surface area (Å²) < 4.78 is 5.62. The molecule has 2 nitrogen and oxygen atoms in total.